The predicted octanol–water partition coefficient (Wildman–Crippen LogP) is 2.39. The molecule has 130 valence electrons. The predicted molar refractivity (Wildman–Crippen MR) is 91.4 cm³/mol. The van der Waals surface area contributed by atoms with Crippen molar-refractivity contribution in [1.29, 1.82) is 0 Å². The number of piperidine rings is 1. The molecule has 1 aromatic heterocycles. The van der Waals surface area contributed by atoms with E-state index in [1.54, 1.807) is 6.07 Å². The average Bonchev–Trinajstić information content (AvgIpc) is 3.02. The molecular formula is C18H25FN4O. The quantitative estimate of drug-likeness (QED) is 0.934. The van der Waals surface area contributed by atoms with Gasteiger partial charge in [0.05, 0.1) is 25.3 Å². The number of aromatic amines is 1. The first-order valence-electron chi connectivity index (χ1n) is 8.97. The fraction of sp³-hybridized carbons (Fsp3) is 0.611. The van der Waals surface area contributed by atoms with Gasteiger partial charge in [-0.15, -0.1) is 0 Å². The number of ether oxygens (including phenoxy) is 1. The number of fused-ring (bicyclic) bond motifs is 1. The summed E-state index contributed by atoms with van der Waals surface area (Å²) in [6, 6.07) is 5.63. The summed E-state index contributed by atoms with van der Waals surface area (Å²) in [5.74, 6) is 0.613. The zero-order chi connectivity index (χ0) is 16.4. The molecule has 0 spiro atoms. The average molecular weight is 332 g/mol. The third-order valence-corrected chi connectivity index (χ3v) is 5.19. The molecule has 3 heterocycles. The SMILES string of the molecule is Fc1cccc2[nH]c(CN3CCCCC3CN3CCOCC3)nc12. The fourth-order valence-corrected chi connectivity index (χ4v) is 3.87. The van der Waals surface area contributed by atoms with E-state index in [2.05, 4.69) is 19.8 Å². The maximum absolute atomic E-state index is 13.8. The number of nitrogens with one attached hydrogen (secondary N) is 1. The molecular weight excluding hydrogens is 307 g/mol. The Balaban J connectivity index is 1.46. The second kappa shape index (κ2) is 7.17. The van der Waals surface area contributed by atoms with Gasteiger partial charge in [-0.05, 0) is 31.5 Å². The van der Waals surface area contributed by atoms with E-state index >= 15 is 0 Å². The van der Waals surface area contributed by atoms with Crippen LogP contribution in [0.15, 0.2) is 18.2 Å². The van der Waals surface area contributed by atoms with Gasteiger partial charge in [0.2, 0.25) is 0 Å². The molecule has 2 aromatic rings. The van der Waals surface area contributed by atoms with Crippen molar-refractivity contribution in [1.82, 2.24) is 19.8 Å². The first-order valence-corrected chi connectivity index (χ1v) is 8.97. The van der Waals surface area contributed by atoms with Gasteiger partial charge >= 0.3 is 0 Å². The highest BCUT2D eigenvalue weighted by molar-refractivity contribution is 5.75. The Morgan fingerprint density at radius 2 is 2.08 bits per heavy atom. The minimum atomic E-state index is -0.251. The highest BCUT2D eigenvalue weighted by Gasteiger charge is 2.26. The molecule has 2 aliphatic rings. The summed E-state index contributed by atoms with van der Waals surface area (Å²) >= 11 is 0. The van der Waals surface area contributed by atoms with Gasteiger partial charge in [0.15, 0.2) is 5.82 Å². The lowest BCUT2D eigenvalue weighted by molar-refractivity contribution is 0.0149. The van der Waals surface area contributed by atoms with Crippen LogP contribution < -0.4 is 0 Å². The van der Waals surface area contributed by atoms with Crippen LogP contribution in [-0.2, 0) is 11.3 Å². The Bertz CT molecular complexity index is 683. The smallest absolute Gasteiger partial charge is 0.151 e. The van der Waals surface area contributed by atoms with Gasteiger partial charge in [-0.1, -0.05) is 12.5 Å². The molecule has 0 radical (unpaired) electrons. The van der Waals surface area contributed by atoms with Crippen LogP contribution in [0.2, 0.25) is 0 Å². The molecule has 2 saturated heterocycles. The van der Waals surface area contributed by atoms with Crippen molar-refractivity contribution in [2.24, 2.45) is 0 Å². The van der Waals surface area contributed by atoms with E-state index in [9.17, 15) is 4.39 Å². The monoisotopic (exact) mass is 332 g/mol. The molecule has 5 nitrogen and oxygen atoms in total. The Hall–Kier alpha value is -1.50. The molecule has 2 aliphatic heterocycles. The lowest BCUT2D eigenvalue weighted by Crippen LogP contribution is -2.49. The number of hydrogen-bond acceptors (Lipinski definition) is 4. The van der Waals surface area contributed by atoms with Crippen molar-refractivity contribution in [3.8, 4) is 0 Å². The Kier molecular flexibility index (Phi) is 4.78. The molecule has 2 fully saturated rings. The number of imidazole rings is 1. The zero-order valence-corrected chi connectivity index (χ0v) is 14.0. The van der Waals surface area contributed by atoms with Gasteiger partial charge < -0.3 is 9.72 Å². The number of morpholine rings is 1. The zero-order valence-electron chi connectivity index (χ0n) is 14.0. The summed E-state index contributed by atoms with van der Waals surface area (Å²) in [5, 5.41) is 0. The normalized spacial score (nSPS) is 23.8. The van der Waals surface area contributed by atoms with Gasteiger partial charge in [-0.25, -0.2) is 9.37 Å². The van der Waals surface area contributed by atoms with Crippen molar-refractivity contribution in [3.63, 3.8) is 0 Å². The van der Waals surface area contributed by atoms with Gasteiger partial charge in [-0.3, -0.25) is 9.80 Å². The Morgan fingerprint density at radius 3 is 2.92 bits per heavy atom. The van der Waals surface area contributed by atoms with Crippen molar-refractivity contribution in [2.75, 3.05) is 39.4 Å². The van der Waals surface area contributed by atoms with E-state index < -0.39 is 0 Å². The molecule has 0 saturated carbocycles. The lowest BCUT2D eigenvalue weighted by atomic mass is 10.0. The number of hydrogen-bond donors (Lipinski definition) is 1. The molecule has 1 aromatic carbocycles. The van der Waals surface area contributed by atoms with E-state index in [0.717, 1.165) is 57.3 Å². The first kappa shape index (κ1) is 16.0. The van der Waals surface area contributed by atoms with Crippen LogP contribution in [0.5, 0.6) is 0 Å². The summed E-state index contributed by atoms with van der Waals surface area (Å²) in [6.45, 7) is 6.70. The highest BCUT2D eigenvalue weighted by Crippen LogP contribution is 2.22. The van der Waals surface area contributed by atoms with E-state index in [4.69, 9.17) is 4.74 Å². The number of benzene rings is 1. The molecule has 6 heteroatoms. The summed E-state index contributed by atoms with van der Waals surface area (Å²) in [7, 11) is 0. The number of para-hydroxylation sites is 1. The molecule has 0 bridgehead atoms. The lowest BCUT2D eigenvalue weighted by Gasteiger charge is -2.39. The third kappa shape index (κ3) is 3.45. The highest BCUT2D eigenvalue weighted by atomic mass is 19.1. The van der Waals surface area contributed by atoms with Crippen LogP contribution >= 0.6 is 0 Å². The van der Waals surface area contributed by atoms with E-state index in [1.165, 1.54) is 25.3 Å². The van der Waals surface area contributed by atoms with Crippen molar-refractivity contribution >= 4 is 11.0 Å². The first-order chi connectivity index (χ1) is 11.8. The van der Waals surface area contributed by atoms with Crippen LogP contribution in [0.1, 0.15) is 25.1 Å². The molecule has 1 N–H and O–H groups in total. The van der Waals surface area contributed by atoms with Crippen LogP contribution in [0.4, 0.5) is 4.39 Å². The number of halogens is 1. The van der Waals surface area contributed by atoms with Gasteiger partial charge in [0.1, 0.15) is 11.3 Å². The van der Waals surface area contributed by atoms with Crippen molar-refractivity contribution in [3.05, 3.63) is 29.8 Å². The number of nitrogens with zero attached hydrogens (tertiary/aromatic N) is 3. The molecule has 0 amide bonds. The van der Waals surface area contributed by atoms with Crippen LogP contribution in [0.3, 0.4) is 0 Å². The standard InChI is InChI=1S/C18H25FN4O/c19-15-5-3-6-16-18(15)21-17(20-16)13-23-7-2-1-4-14(23)12-22-8-10-24-11-9-22/h3,5-6,14H,1-2,4,7-13H2,(H,20,21). The largest absolute Gasteiger partial charge is 0.379 e. The topological polar surface area (TPSA) is 44.4 Å². The molecule has 4 rings (SSSR count). The molecule has 0 aliphatic carbocycles. The number of likely N-dealkylation sites (tertiary alicyclic amines) is 1. The fourth-order valence-electron chi connectivity index (χ4n) is 3.87. The van der Waals surface area contributed by atoms with Crippen LogP contribution in [0, 0.1) is 5.82 Å². The second-order valence-electron chi connectivity index (χ2n) is 6.85. The summed E-state index contributed by atoms with van der Waals surface area (Å²) in [4.78, 5) is 12.8. The minimum Gasteiger partial charge on any atom is -0.379 e. The van der Waals surface area contributed by atoms with Crippen molar-refractivity contribution < 1.29 is 9.13 Å². The molecule has 1 unspecified atom stereocenters. The van der Waals surface area contributed by atoms with Crippen LogP contribution in [-0.4, -0.2) is 65.2 Å². The number of aromatic nitrogens is 2. The van der Waals surface area contributed by atoms with Crippen LogP contribution in [0.25, 0.3) is 11.0 Å². The summed E-state index contributed by atoms with van der Waals surface area (Å²) in [5.41, 5.74) is 1.24. The minimum absolute atomic E-state index is 0.251. The summed E-state index contributed by atoms with van der Waals surface area (Å²) in [6.07, 6.45) is 3.75. The molecule has 1 atom stereocenters. The number of H-pyrrole nitrogens is 1. The van der Waals surface area contributed by atoms with Gasteiger partial charge in [0, 0.05) is 25.7 Å². The summed E-state index contributed by atoms with van der Waals surface area (Å²) < 4.78 is 19.3. The second-order valence-corrected chi connectivity index (χ2v) is 6.85. The number of rotatable bonds is 4. The third-order valence-electron chi connectivity index (χ3n) is 5.19. The van der Waals surface area contributed by atoms with Gasteiger partial charge in [0.25, 0.3) is 0 Å². The van der Waals surface area contributed by atoms with E-state index in [0.29, 0.717) is 11.6 Å². The van der Waals surface area contributed by atoms with E-state index in [-0.39, 0.29) is 5.82 Å². The van der Waals surface area contributed by atoms with Crippen molar-refractivity contribution in [2.45, 2.75) is 31.8 Å². The maximum Gasteiger partial charge on any atom is 0.151 e. The Labute approximate surface area is 141 Å². The van der Waals surface area contributed by atoms with Gasteiger partial charge in [-0.2, -0.15) is 0 Å². The van der Waals surface area contributed by atoms with E-state index in [1.807, 2.05) is 6.07 Å². The Morgan fingerprint density at radius 1 is 1.21 bits per heavy atom. The maximum atomic E-state index is 13.8. The molecule has 24 heavy (non-hydrogen) atoms.